The molecule has 0 saturated heterocycles. The Bertz CT molecular complexity index is 935. The van der Waals surface area contributed by atoms with E-state index in [1.165, 1.54) is 10.9 Å². The van der Waals surface area contributed by atoms with Crippen LogP contribution in [0.4, 0.5) is 5.95 Å². The molecule has 7 heteroatoms. The maximum absolute atomic E-state index is 12.8. The first-order valence-corrected chi connectivity index (χ1v) is 11.4. The molecule has 3 rings (SSSR count). The van der Waals surface area contributed by atoms with Gasteiger partial charge in [-0.3, -0.25) is 4.79 Å². The highest BCUT2D eigenvalue weighted by atomic mass is 32.2. The average Bonchev–Trinajstić information content (AvgIpc) is 3.10. The molecule has 2 aromatic heterocycles. The maximum Gasteiger partial charge on any atom is 0.242 e. The van der Waals surface area contributed by atoms with Crippen molar-refractivity contribution in [3.63, 3.8) is 0 Å². The number of hydrogen-bond acceptors (Lipinski definition) is 5. The molecule has 0 aliphatic rings. The van der Waals surface area contributed by atoms with Gasteiger partial charge in [-0.1, -0.05) is 18.2 Å². The zero-order chi connectivity index (χ0) is 20.6. The summed E-state index contributed by atoms with van der Waals surface area (Å²) in [5.41, 5.74) is 3.01. The van der Waals surface area contributed by atoms with E-state index >= 15 is 0 Å². The second-order valence-electron chi connectivity index (χ2n) is 7.17. The van der Waals surface area contributed by atoms with E-state index in [0.29, 0.717) is 12.5 Å². The summed E-state index contributed by atoms with van der Waals surface area (Å²) < 4.78 is 2.23. The molecular weight excluding hydrogens is 382 g/mol. The van der Waals surface area contributed by atoms with E-state index in [-0.39, 0.29) is 11.9 Å². The molecule has 3 aromatic rings. The Balaban J connectivity index is 1.53. The summed E-state index contributed by atoms with van der Waals surface area (Å²) in [7, 11) is 0. The molecule has 1 amide bonds. The van der Waals surface area contributed by atoms with Crippen molar-refractivity contribution in [1.82, 2.24) is 19.9 Å². The van der Waals surface area contributed by atoms with Crippen LogP contribution < -0.4 is 10.6 Å². The first-order valence-electron chi connectivity index (χ1n) is 9.96. The minimum Gasteiger partial charge on any atom is -0.354 e. The summed E-state index contributed by atoms with van der Waals surface area (Å²) >= 11 is 1.73. The average molecular weight is 412 g/mol. The highest BCUT2D eigenvalue weighted by Crippen LogP contribution is 2.15. The molecule has 2 heterocycles. The molecule has 0 fully saturated rings. The van der Waals surface area contributed by atoms with Crippen molar-refractivity contribution < 1.29 is 4.79 Å². The van der Waals surface area contributed by atoms with Crippen molar-refractivity contribution in [2.75, 3.05) is 23.9 Å². The van der Waals surface area contributed by atoms with Crippen molar-refractivity contribution in [2.45, 2.75) is 39.3 Å². The largest absolute Gasteiger partial charge is 0.354 e. The maximum atomic E-state index is 12.8. The normalized spacial score (nSPS) is 12.1. The number of amides is 1. The van der Waals surface area contributed by atoms with Crippen LogP contribution in [0.25, 0.3) is 10.9 Å². The first-order chi connectivity index (χ1) is 14.1. The Morgan fingerprint density at radius 1 is 1.17 bits per heavy atom. The highest BCUT2D eigenvalue weighted by molar-refractivity contribution is 7.98. The number of nitrogens with zero attached hydrogens (tertiary/aromatic N) is 3. The fraction of sp³-hybridized carbons (Fsp3) is 0.409. The van der Waals surface area contributed by atoms with Crippen LogP contribution in [-0.2, 0) is 11.3 Å². The molecule has 0 unspecified atom stereocenters. The van der Waals surface area contributed by atoms with Gasteiger partial charge >= 0.3 is 0 Å². The van der Waals surface area contributed by atoms with Gasteiger partial charge in [0.2, 0.25) is 11.9 Å². The lowest BCUT2D eigenvalue weighted by Gasteiger charge is -2.18. The zero-order valence-corrected chi connectivity index (χ0v) is 18.1. The van der Waals surface area contributed by atoms with Gasteiger partial charge in [0.25, 0.3) is 0 Å². The van der Waals surface area contributed by atoms with Gasteiger partial charge in [-0.15, -0.1) is 0 Å². The highest BCUT2D eigenvalue weighted by Gasteiger charge is 2.19. The van der Waals surface area contributed by atoms with Crippen LogP contribution in [0.5, 0.6) is 0 Å². The van der Waals surface area contributed by atoms with Crippen molar-refractivity contribution in [3.8, 4) is 0 Å². The van der Waals surface area contributed by atoms with Crippen LogP contribution in [0.15, 0.2) is 42.6 Å². The molecule has 29 heavy (non-hydrogen) atoms. The molecule has 6 nitrogen and oxygen atoms in total. The Kier molecular flexibility index (Phi) is 7.52. The van der Waals surface area contributed by atoms with Crippen LogP contribution in [0.3, 0.4) is 0 Å². The zero-order valence-electron chi connectivity index (χ0n) is 17.3. The minimum absolute atomic E-state index is 0.000765. The lowest BCUT2D eigenvalue weighted by Crippen LogP contribution is -2.41. The van der Waals surface area contributed by atoms with Gasteiger partial charge in [-0.05, 0) is 62.3 Å². The topological polar surface area (TPSA) is 71.8 Å². The standard InChI is InChI=1S/C22H29N5OS/c1-16-15-17(2)25-22(24-16)26-19(10-14-29-3)21(28)23-11-6-12-27-13-9-18-7-4-5-8-20(18)27/h4-5,7-9,13,15,19H,6,10-12,14H2,1-3H3,(H,23,28)(H,24,25,26)/t19-/m0/s1. The third-order valence-corrected chi connectivity index (χ3v) is 5.41. The third kappa shape index (κ3) is 5.97. The Hall–Kier alpha value is -2.54. The molecule has 0 spiro atoms. The van der Waals surface area contributed by atoms with Crippen LogP contribution in [0.1, 0.15) is 24.2 Å². The van der Waals surface area contributed by atoms with Gasteiger partial charge < -0.3 is 15.2 Å². The summed E-state index contributed by atoms with van der Waals surface area (Å²) in [6, 6.07) is 12.1. The molecule has 1 atom stereocenters. The fourth-order valence-electron chi connectivity index (χ4n) is 3.37. The van der Waals surface area contributed by atoms with Gasteiger partial charge in [0.05, 0.1) is 0 Å². The second kappa shape index (κ2) is 10.3. The number of carbonyl (C=O) groups excluding carboxylic acids is 1. The molecule has 2 N–H and O–H groups in total. The van der Waals surface area contributed by atoms with Crippen molar-refractivity contribution >= 4 is 34.5 Å². The molecule has 154 valence electrons. The summed E-state index contributed by atoms with van der Waals surface area (Å²) in [5, 5.41) is 7.54. The van der Waals surface area contributed by atoms with Crippen LogP contribution in [-0.4, -0.2) is 45.0 Å². The van der Waals surface area contributed by atoms with Gasteiger partial charge in [0.15, 0.2) is 0 Å². The number of aromatic nitrogens is 3. The van der Waals surface area contributed by atoms with Crippen LogP contribution in [0, 0.1) is 13.8 Å². The Morgan fingerprint density at radius 2 is 1.93 bits per heavy atom. The summed E-state index contributed by atoms with van der Waals surface area (Å²) in [4.78, 5) is 21.6. The number of rotatable bonds is 10. The molecule has 1 aromatic carbocycles. The number of hydrogen-bond donors (Lipinski definition) is 2. The van der Waals surface area contributed by atoms with E-state index in [9.17, 15) is 4.79 Å². The van der Waals surface area contributed by atoms with Crippen LogP contribution >= 0.6 is 11.8 Å². The number of thioether (sulfide) groups is 1. The number of anilines is 1. The quantitative estimate of drug-likeness (QED) is 0.497. The fourth-order valence-corrected chi connectivity index (χ4v) is 3.84. The summed E-state index contributed by atoms with van der Waals surface area (Å²) in [6.45, 7) is 5.37. The van der Waals surface area contributed by atoms with Crippen molar-refractivity contribution in [3.05, 3.63) is 54.0 Å². The number of para-hydroxylation sites is 1. The SMILES string of the molecule is CSCC[C@H](Nc1nc(C)cc(C)n1)C(=O)NCCCn1ccc2ccccc21. The number of aryl methyl sites for hydroxylation is 3. The summed E-state index contributed by atoms with van der Waals surface area (Å²) in [6.07, 6.45) is 5.75. The van der Waals surface area contributed by atoms with Gasteiger partial charge in [0.1, 0.15) is 6.04 Å². The van der Waals surface area contributed by atoms with E-state index in [1.54, 1.807) is 11.8 Å². The molecular formula is C22H29N5OS. The van der Waals surface area contributed by atoms with E-state index in [0.717, 1.165) is 36.5 Å². The molecule has 0 aliphatic carbocycles. The predicted octanol–water partition coefficient (Wildman–Crippen LogP) is 3.79. The molecule has 0 radical (unpaired) electrons. The number of nitrogens with one attached hydrogen (secondary N) is 2. The van der Waals surface area contributed by atoms with Gasteiger partial charge in [-0.25, -0.2) is 9.97 Å². The lowest BCUT2D eigenvalue weighted by atomic mass is 10.2. The summed E-state index contributed by atoms with van der Waals surface area (Å²) in [5.74, 6) is 1.41. The molecule has 0 aliphatic heterocycles. The van der Waals surface area contributed by atoms with E-state index in [2.05, 4.69) is 55.6 Å². The number of benzene rings is 1. The minimum atomic E-state index is -0.337. The van der Waals surface area contributed by atoms with E-state index in [4.69, 9.17) is 0 Å². The Labute approximate surface area is 176 Å². The first kappa shape index (κ1) is 21.2. The number of carbonyl (C=O) groups is 1. The van der Waals surface area contributed by atoms with Crippen LogP contribution in [0.2, 0.25) is 0 Å². The monoisotopic (exact) mass is 411 g/mol. The van der Waals surface area contributed by atoms with Crippen molar-refractivity contribution in [1.29, 1.82) is 0 Å². The van der Waals surface area contributed by atoms with E-state index in [1.807, 2.05) is 32.2 Å². The van der Waals surface area contributed by atoms with Gasteiger partial charge in [-0.2, -0.15) is 11.8 Å². The van der Waals surface area contributed by atoms with Crippen molar-refractivity contribution in [2.24, 2.45) is 0 Å². The third-order valence-electron chi connectivity index (χ3n) is 4.77. The number of fused-ring (bicyclic) bond motifs is 1. The van der Waals surface area contributed by atoms with Gasteiger partial charge in [0, 0.05) is 36.2 Å². The lowest BCUT2D eigenvalue weighted by molar-refractivity contribution is -0.121. The second-order valence-corrected chi connectivity index (χ2v) is 8.15. The smallest absolute Gasteiger partial charge is 0.242 e. The van der Waals surface area contributed by atoms with E-state index < -0.39 is 0 Å². The predicted molar refractivity (Wildman–Crippen MR) is 121 cm³/mol. The molecule has 0 bridgehead atoms. The molecule has 0 saturated carbocycles. The Morgan fingerprint density at radius 3 is 2.69 bits per heavy atom.